The number of allylic oxidation sites excluding steroid dienone is 2. The Morgan fingerprint density at radius 1 is 0.776 bits per heavy atom. The zero-order valence-corrected chi connectivity index (χ0v) is 26.4. The van der Waals surface area contributed by atoms with Crippen LogP contribution in [0, 0.1) is 46.8 Å². The highest BCUT2D eigenvalue weighted by atomic mass is 35.5. The number of carbonyl (C=O) groups is 4. The van der Waals surface area contributed by atoms with Gasteiger partial charge < -0.3 is 10.2 Å². The van der Waals surface area contributed by atoms with Crippen LogP contribution in [0.5, 0.6) is 11.5 Å². The molecular formula is C34H23Cl2F5N2O6. The van der Waals surface area contributed by atoms with Crippen molar-refractivity contribution in [2.75, 3.05) is 11.4 Å². The van der Waals surface area contributed by atoms with Gasteiger partial charge in [-0.25, -0.2) is 26.9 Å². The van der Waals surface area contributed by atoms with Gasteiger partial charge >= 0.3 is 0 Å². The summed E-state index contributed by atoms with van der Waals surface area (Å²) in [4.78, 5) is 51.6. The minimum atomic E-state index is -2.67. The van der Waals surface area contributed by atoms with Gasteiger partial charge in [0.1, 0.15) is 17.2 Å². The van der Waals surface area contributed by atoms with Gasteiger partial charge in [0.05, 0.1) is 11.8 Å². The number of halogens is 7. The summed E-state index contributed by atoms with van der Waals surface area (Å²) in [7, 11) is 0. The molecule has 0 aromatic heterocycles. The molecule has 254 valence electrons. The van der Waals surface area contributed by atoms with Crippen LogP contribution in [0.2, 0.25) is 0 Å². The summed E-state index contributed by atoms with van der Waals surface area (Å²) in [6.07, 6.45) is 1.20. The lowest BCUT2D eigenvalue weighted by molar-refractivity contribution is -0.140. The van der Waals surface area contributed by atoms with E-state index in [0.29, 0.717) is 0 Å². The largest absolute Gasteiger partial charge is 0.508 e. The molecule has 3 aromatic rings. The third-order valence-electron chi connectivity index (χ3n) is 10.1. The van der Waals surface area contributed by atoms with E-state index in [2.05, 4.69) is 0 Å². The number of aromatic hydroxyl groups is 2. The molecule has 7 rings (SSSR count). The number of hydrogen-bond donors (Lipinski definition) is 2. The number of imide groups is 2. The highest BCUT2D eigenvalue weighted by Gasteiger charge is 2.77. The van der Waals surface area contributed by atoms with Crippen LogP contribution in [-0.2, 0) is 25.6 Å². The molecule has 1 saturated carbocycles. The standard InChI is InChI=1S/C34H23Cl2F5N2O6/c35-33-13-20-18(8-9-19-21(20)30(47)42(29(19)46)11-10-14-4-6-16(44)7-5-14)22(15-2-1-3-17(45)12-15)34(33,36)32(49)43(31(33)48)28-26(40)24(38)23(37)25(39)27(28)41/h1-8,12,19-22,44-45H,9-11,13H2. The molecule has 2 aliphatic heterocycles. The van der Waals surface area contributed by atoms with Crippen LogP contribution in [0.15, 0.2) is 60.2 Å². The molecular weight excluding hydrogens is 698 g/mol. The average Bonchev–Trinajstić information content (AvgIpc) is 3.40. The van der Waals surface area contributed by atoms with Gasteiger partial charge in [-0.15, -0.1) is 23.2 Å². The maximum absolute atomic E-state index is 15.1. The topological polar surface area (TPSA) is 115 Å². The maximum atomic E-state index is 15.1. The second-order valence-corrected chi connectivity index (χ2v) is 13.8. The van der Waals surface area contributed by atoms with Crippen LogP contribution in [-0.4, -0.2) is 55.0 Å². The zero-order valence-electron chi connectivity index (χ0n) is 24.9. The van der Waals surface area contributed by atoms with Gasteiger partial charge in [0, 0.05) is 12.5 Å². The van der Waals surface area contributed by atoms with Crippen LogP contribution >= 0.6 is 23.2 Å². The molecule has 0 spiro atoms. The first-order valence-corrected chi connectivity index (χ1v) is 15.8. The van der Waals surface area contributed by atoms with Gasteiger partial charge in [0.2, 0.25) is 17.6 Å². The normalized spacial score (nSPS) is 29.2. The van der Waals surface area contributed by atoms with Crippen molar-refractivity contribution in [3.8, 4) is 11.5 Å². The Morgan fingerprint density at radius 2 is 1.41 bits per heavy atom. The predicted octanol–water partition coefficient (Wildman–Crippen LogP) is 5.60. The molecule has 2 N–H and O–H groups in total. The van der Waals surface area contributed by atoms with E-state index in [9.17, 15) is 42.6 Å². The molecule has 3 aromatic carbocycles. The van der Waals surface area contributed by atoms with Crippen molar-refractivity contribution in [3.63, 3.8) is 0 Å². The Balaban J connectivity index is 1.35. The number of likely N-dealkylation sites (tertiary alicyclic amines) is 1. The van der Waals surface area contributed by atoms with E-state index in [1.54, 1.807) is 18.2 Å². The Hall–Kier alpha value is -4.49. The van der Waals surface area contributed by atoms with Crippen LogP contribution in [0.1, 0.15) is 29.9 Å². The lowest BCUT2D eigenvalue weighted by atomic mass is 9.56. The molecule has 2 heterocycles. The highest BCUT2D eigenvalue weighted by Crippen LogP contribution is 2.66. The first-order chi connectivity index (χ1) is 23.1. The molecule has 15 heteroatoms. The first-order valence-electron chi connectivity index (χ1n) is 15.0. The van der Waals surface area contributed by atoms with Crippen molar-refractivity contribution >= 4 is 52.5 Å². The summed E-state index contributed by atoms with van der Waals surface area (Å²) in [5, 5.41) is 20.0. The van der Waals surface area contributed by atoms with Gasteiger partial charge in [0.15, 0.2) is 33.0 Å². The van der Waals surface area contributed by atoms with Gasteiger partial charge in [-0.3, -0.25) is 24.1 Å². The van der Waals surface area contributed by atoms with E-state index in [1.165, 1.54) is 36.4 Å². The number of nitrogens with zero attached hydrogens (tertiary/aromatic N) is 2. The fourth-order valence-electron chi connectivity index (χ4n) is 7.83. The summed E-state index contributed by atoms with van der Waals surface area (Å²) in [6, 6.07) is 11.5. The Morgan fingerprint density at radius 3 is 2.04 bits per heavy atom. The molecule has 49 heavy (non-hydrogen) atoms. The molecule has 3 fully saturated rings. The summed E-state index contributed by atoms with van der Waals surface area (Å²) in [6.45, 7) is -0.0234. The van der Waals surface area contributed by atoms with Gasteiger partial charge in [-0.05, 0) is 60.6 Å². The smallest absolute Gasteiger partial charge is 0.258 e. The number of hydrogen-bond acceptors (Lipinski definition) is 6. The third-order valence-corrected chi connectivity index (χ3v) is 11.5. The lowest BCUT2D eigenvalue weighted by Crippen LogP contribution is -2.60. The summed E-state index contributed by atoms with van der Waals surface area (Å²) >= 11 is 14.1. The third kappa shape index (κ3) is 4.47. The van der Waals surface area contributed by atoms with Crippen molar-refractivity contribution in [3.05, 3.63) is 100 Å². The lowest BCUT2D eigenvalue weighted by Gasteiger charge is -2.50. The number of amides is 4. The molecule has 4 amide bonds. The van der Waals surface area contributed by atoms with Crippen LogP contribution in [0.4, 0.5) is 27.6 Å². The van der Waals surface area contributed by atoms with Crippen molar-refractivity contribution < 1.29 is 51.3 Å². The maximum Gasteiger partial charge on any atom is 0.258 e. The van der Waals surface area contributed by atoms with E-state index in [4.69, 9.17) is 23.2 Å². The first kappa shape index (κ1) is 33.0. The number of benzene rings is 3. The number of phenolic OH excluding ortho intramolecular Hbond substituents is 2. The molecule has 2 aliphatic carbocycles. The van der Waals surface area contributed by atoms with E-state index in [1.807, 2.05) is 0 Å². The average molecular weight is 721 g/mol. The summed E-state index contributed by atoms with van der Waals surface area (Å²) < 4.78 is 72.9. The van der Waals surface area contributed by atoms with Crippen molar-refractivity contribution in [1.82, 2.24) is 4.90 Å². The van der Waals surface area contributed by atoms with Gasteiger partial charge in [0.25, 0.3) is 11.8 Å². The molecule has 6 atom stereocenters. The van der Waals surface area contributed by atoms with Crippen LogP contribution in [0.3, 0.4) is 0 Å². The number of carbonyl (C=O) groups excluding carboxylic acids is 4. The molecule has 4 aliphatic rings. The van der Waals surface area contributed by atoms with Gasteiger partial charge in [-0.1, -0.05) is 35.9 Å². The van der Waals surface area contributed by atoms with E-state index >= 15 is 8.78 Å². The fraction of sp³-hybridized carbons (Fsp3) is 0.294. The van der Waals surface area contributed by atoms with Crippen molar-refractivity contribution in [2.24, 2.45) is 17.8 Å². The van der Waals surface area contributed by atoms with Crippen LogP contribution < -0.4 is 4.90 Å². The molecule has 8 nitrogen and oxygen atoms in total. The zero-order chi connectivity index (χ0) is 35.3. The van der Waals surface area contributed by atoms with Crippen molar-refractivity contribution in [1.29, 1.82) is 0 Å². The van der Waals surface area contributed by atoms with Crippen LogP contribution in [0.25, 0.3) is 0 Å². The predicted molar refractivity (Wildman–Crippen MR) is 163 cm³/mol. The molecule has 0 bridgehead atoms. The number of alkyl halides is 2. The number of phenols is 2. The second-order valence-electron chi connectivity index (χ2n) is 12.5. The van der Waals surface area contributed by atoms with Gasteiger partial charge in [-0.2, -0.15) is 0 Å². The summed E-state index contributed by atoms with van der Waals surface area (Å²) in [5.74, 6) is -21.4. The Labute approximate surface area is 284 Å². The molecule has 2 saturated heterocycles. The van der Waals surface area contributed by atoms with E-state index < -0.39 is 98.2 Å². The SMILES string of the molecule is O=C1C2CC=C3C(CC4(Cl)C(=O)N(c5c(F)c(F)c(F)c(F)c5F)C(=O)C4(Cl)C3c3cccc(O)c3)C2C(=O)N1CCc1ccc(O)cc1. The highest BCUT2D eigenvalue weighted by molar-refractivity contribution is 6.58. The second kappa shape index (κ2) is 11.3. The minimum absolute atomic E-state index is 0.00214. The van der Waals surface area contributed by atoms with E-state index in [0.717, 1.165) is 10.5 Å². The Kier molecular flexibility index (Phi) is 7.60. The minimum Gasteiger partial charge on any atom is -0.508 e. The molecule has 6 unspecified atom stereocenters. The monoisotopic (exact) mass is 720 g/mol. The molecule has 0 radical (unpaired) electrons. The number of fused-ring (bicyclic) bond motifs is 4. The van der Waals surface area contributed by atoms with E-state index in [-0.39, 0.29) is 46.9 Å². The number of anilines is 1. The Bertz CT molecular complexity index is 2000. The summed E-state index contributed by atoms with van der Waals surface area (Å²) in [5.41, 5.74) is -0.766. The fourth-order valence-corrected chi connectivity index (χ4v) is 8.77. The van der Waals surface area contributed by atoms with Crippen molar-refractivity contribution in [2.45, 2.75) is 34.9 Å². The number of rotatable bonds is 5. The quantitative estimate of drug-likeness (QED) is 0.0886.